The van der Waals surface area contributed by atoms with E-state index in [2.05, 4.69) is 275 Å². The van der Waals surface area contributed by atoms with E-state index in [1.807, 2.05) is 0 Å². The molecule has 3 fully saturated rings. The van der Waals surface area contributed by atoms with Crippen LogP contribution in [-0.2, 0) is 44.7 Å². The van der Waals surface area contributed by atoms with Gasteiger partial charge in [0, 0.05) is 84.1 Å². The monoisotopic (exact) mass is 1560 g/mol. The molecule has 0 atom stereocenters. The molecule has 3 saturated heterocycles. The lowest BCUT2D eigenvalue weighted by Crippen LogP contribution is -2.31. The minimum atomic E-state index is -0.362. The van der Waals surface area contributed by atoms with E-state index in [-0.39, 0.29) is 35.1 Å². The predicted molar refractivity (Wildman–Crippen MR) is 486 cm³/mol. The molecule has 0 bridgehead atoms. The SMILES string of the molecule is CCCCCCC1(CCCCCC)c2cc(N(c3ccccc3)c3ccc(C4OCCO4)cc3)ccc2-c2c1c1c(c3c2C(CCCCCC)(CCCCCC)c2cc(N(c4ccccc4)c4ccc(C5OCCO5)cc4)ccc2-3)C(CCCCCC)(CCCCCC)c2cc(N(c3ccccc3)c3ccc(C4OCCO4)cc3)ccc2-1. The van der Waals surface area contributed by atoms with Gasteiger partial charge in [0.05, 0.1) is 39.6 Å². The van der Waals surface area contributed by atoms with Gasteiger partial charge in [-0.2, -0.15) is 0 Å². The number of fused-ring (bicyclic) bond motifs is 12. The maximum absolute atomic E-state index is 6.15. The smallest absolute Gasteiger partial charge is 0.184 e. The van der Waals surface area contributed by atoms with Crippen LogP contribution in [0.15, 0.2) is 218 Å². The Morgan fingerprint density at radius 1 is 0.231 bits per heavy atom. The third-order valence-electron chi connectivity index (χ3n) is 27.0. The van der Waals surface area contributed by atoms with Crippen molar-refractivity contribution in [3.63, 3.8) is 0 Å². The van der Waals surface area contributed by atoms with E-state index in [0.717, 1.165) is 128 Å². The Hall–Kier alpha value is -8.64. The number of para-hydroxylation sites is 3. The van der Waals surface area contributed by atoms with Crippen molar-refractivity contribution in [3.05, 3.63) is 268 Å². The maximum atomic E-state index is 6.15. The minimum Gasteiger partial charge on any atom is -0.346 e. The van der Waals surface area contributed by atoms with Gasteiger partial charge in [-0.1, -0.05) is 305 Å². The van der Waals surface area contributed by atoms with Crippen LogP contribution in [0.3, 0.4) is 0 Å². The molecule has 16 rings (SSSR count). The van der Waals surface area contributed by atoms with Gasteiger partial charge in [0.2, 0.25) is 0 Å². The Morgan fingerprint density at radius 3 is 0.650 bits per heavy atom. The normalized spacial score (nSPS) is 16.2. The first kappa shape index (κ1) is 82.1. The quantitative estimate of drug-likeness (QED) is 0.0348. The molecule has 0 spiro atoms. The van der Waals surface area contributed by atoms with Gasteiger partial charge >= 0.3 is 0 Å². The van der Waals surface area contributed by atoms with Gasteiger partial charge in [0.1, 0.15) is 0 Å². The molecular formula is C108H129N3O6. The summed E-state index contributed by atoms with van der Waals surface area (Å²) in [5.74, 6) is 0. The lowest BCUT2D eigenvalue weighted by molar-refractivity contribution is -0.0443. The molecular weight excluding hydrogens is 1440 g/mol. The Labute approximate surface area is 700 Å². The van der Waals surface area contributed by atoms with Crippen LogP contribution in [0.25, 0.3) is 33.4 Å². The van der Waals surface area contributed by atoms with E-state index < -0.39 is 0 Å². The first-order valence-electron chi connectivity index (χ1n) is 46.0. The number of hydrogen-bond donors (Lipinski definition) is 0. The largest absolute Gasteiger partial charge is 0.346 e. The van der Waals surface area contributed by atoms with Crippen molar-refractivity contribution in [1.29, 1.82) is 0 Å². The second kappa shape index (κ2) is 38.6. The standard InChI is InChI=1S/C108H129N3O6/c1-7-13-19-34-64-106(65-35-20-14-8-2)94-76-88(109(82-40-28-25-29-41-82)85-52-46-79(47-53-85)103-112-70-71-113-103)58-61-91(94)97-100(106)98-92-62-59-89(110(83-42-30-26-31-43-83)86-54-48-80(49-55-86)104-114-72-73-115-104)77-95(92)107(66-36-21-15-9-3,67-37-22-16-10-4)102(98)99-93-63-60-90(78-96(93)108(101(97)99,68-38-23-17-11-5)69-39-24-18-12-6)111(84-44-32-27-33-45-84)87-56-50-81(51-57-87)105-116-74-75-117-105/h25-33,40-63,76-78,103-105H,7-24,34-39,64-75H2,1-6H3. The van der Waals surface area contributed by atoms with Gasteiger partial charge in [0.15, 0.2) is 18.9 Å². The number of ether oxygens (including phenoxy) is 6. The predicted octanol–water partition coefficient (Wildman–Crippen LogP) is 30.9. The van der Waals surface area contributed by atoms with Crippen molar-refractivity contribution in [2.75, 3.05) is 54.3 Å². The zero-order valence-corrected chi connectivity index (χ0v) is 71.3. The molecule has 3 aliphatic heterocycles. The van der Waals surface area contributed by atoms with Gasteiger partial charge < -0.3 is 43.1 Å². The number of unbranched alkanes of at least 4 members (excludes halogenated alkanes) is 18. The number of rotatable bonds is 42. The topological polar surface area (TPSA) is 65.1 Å². The molecule has 10 aromatic rings. The summed E-state index contributed by atoms with van der Waals surface area (Å²) in [4.78, 5) is 7.66. The minimum absolute atomic E-state index is 0.355. The second-order valence-electron chi connectivity index (χ2n) is 34.6. The highest BCUT2D eigenvalue weighted by Gasteiger charge is 2.58. The summed E-state index contributed by atoms with van der Waals surface area (Å²) in [7, 11) is 0. The summed E-state index contributed by atoms with van der Waals surface area (Å²) in [6, 6.07) is 84.9. The summed E-state index contributed by atoms with van der Waals surface area (Å²) in [6.45, 7) is 18.1. The van der Waals surface area contributed by atoms with E-state index >= 15 is 0 Å². The Morgan fingerprint density at radius 2 is 0.436 bits per heavy atom. The molecule has 0 N–H and O–H groups in total. The van der Waals surface area contributed by atoms with E-state index in [1.165, 1.54) is 166 Å². The van der Waals surface area contributed by atoms with Crippen molar-refractivity contribution >= 4 is 51.2 Å². The van der Waals surface area contributed by atoms with Gasteiger partial charge in [-0.15, -0.1) is 0 Å². The third kappa shape index (κ3) is 16.7. The number of benzene rings is 10. The highest BCUT2D eigenvalue weighted by atomic mass is 16.7. The fourth-order valence-electron chi connectivity index (χ4n) is 21.4. The highest BCUT2D eigenvalue weighted by Crippen LogP contribution is 2.72. The zero-order valence-electron chi connectivity index (χ0n) is 71.3. The lowest BCUT2D eigenvalue weighted by atomic mass is 9.63. The van der Waals surface area contributed by atoms with Crippen LogP contribution in [0.1, 0.15) is 303 Å². The maximum Gasteiger partial charge on any atom is 0.184 e. The Kier molecular flexibility index (Phi) is 27.1. The molecule has 612 valence electrons. The molecule has 10 aromatic carbocycles. The number of anilines is 9. The van der Waals surface area contributed by atoms with Crippen molar-refractivity contribution < 1.29 is 28.4 Å². The molecule has 0 radical (unpaired) electrons. The molecule has 0 unspecified atom stereocenters. The molecule has 9 heteroatoms. The van der Waals surface area contributed by atoms with E-state index in [4.69, 9.17) is 28.4 Å². The van der Waals surface area contributed by atoms with Crippen LogP contribution in [0.5, 0.6) is 0 Å². The van der Waals surface area contributed by atoms with Gasteiger partial charge in [-0.3, -0.25) is 0 Å². The Bertz CT molecular complexity index is 4310. The lowest BCUT2D eigenvalue weighted by Gasteiger charge is -2.40. The zero-order chi connectivity index (χ0) is 80.0. The van der Waals surface area contributed by atoms with Crippen LogP contribution in [0.2, 0.25) is 0 Å². The molecule has 6 aliphatic rings. The van der Waals surface area contributed by atoms with Crippen LogP contribution in [0.4, 0.5) is 51.2 Å². The number of hydrogen-bond acceptors (Lipinski definition) is 9. The van der Waals surface area contributed by atoms with E-state index in [0.29, 0.717) is 39.6 Å². The number of nitrogens with zero attached hydrogens (tertiary/aromatic N) is 3. The van der Waals surface area contributed by atoms with Gasteiger partial charge in [-0.05, 0) is 214 Å². The molecule has 0 saturated carbocycles. The Balaban J connectivity index is 1.04. The van der Waals surface area contributed by atoms with Crippen molar-refractivity contribution in [2.45, 2.75) is 269 Å². The van der Waals surface area contributed by atoms with Gasteiger partial charge in [0.25, 0.3) is 0 Å². The molecule has 3 aliphatic carbocycles. The summed E-state index contributed by atoms with van der Waals surface area (Å²) < 4.78 is 36.9. The summed E-state index contributed by atoms with van der Waals surface area (Å²) in [5.41, 5.74) is 31.2. The average molecular weight is 1570 g/mol. The first-order chi connectivity index (χ1) is 57.8. The summed E-state index contributed by atoms with van der Waals surface area (Å²) in [5, 5.41) is 0. The van der Waals surface area contributed by atoms with Gasteiger partial charge in [-0.25, -0.2) is 0 Å². The summed E-state index contributed by atoms with van der Waals surface area (Å²) >= 11 is 0. The molecule has 9 nitrogen and oxygen atoms in total. The fourth-order valence-corrected chi connectivity index (χ4v) is 21.4. The molecule has 117 heavy (non-hydrogen) atoms. The van der Waals surface area contributed by atoms with Crippen molar-refractivity contribution in [2.24, 2.45) is 0 Å². The summed E-state index contributed by atoms with van der Waals surface area (Å²) in [6.07, 6.45) is 34.0. The second-order valence-corrected chi connectivity index (χ2v) is 34.6. The third-order valence-corrected chi connectivity index (χ3v) is 27.0. The highest BCUT2D eigenvalue weighted by molar-refractivity contribution is 6.06. The van der Waals surface area contributed by atoms with E-state index in [9.17, 15) is 0 Å². The van der Waals surface area contributed by atoms with Crippen LogP contribution >= 0.6 is 0 Å². The van der Waals surface area contributed by atoms with Crippen LogP contribution < -0.4 is 14.7 Å². The molecule has 3 heterocycles. The molecule has 0 amide bonds. The first-order valence-corrected chi connectivity index (χ1v) is 46.0. The van der Waals surface area contributed by atoms with Crippen LogP contribution in [-0.4, -0.2) is 39.6 Å². The average Bonchev–Trinajstić information content (AvgIpc) is 1.48. The fraction of sp³-hybridized carbons (Fsp3) is 0.444. The van der Waals surface area contributed by atoms with E-state index in [1.54, 1.807) is 33.4 Å². The van der Waals surface area contributed by atoms with Crippen molar-refractivity contribution in [1.82, 2.24) is 0 Å². The molecule has 0 aromatic heterocycles. The van der Waals surface area contributed by atoms with Crippen LogP contribution in [0, 0.1) is 0 Å². The van der Waals surface area contributed by atoms with Crippen molar-refractivity contribution in [3.8, 4) is 33.4 Å².